The first-order chi connectivity index (χ1) is 13.1. The molecule has 0 radical (unpaired) electrons. The van der Waals surface area contributed by atoms with Gasteiger partial charge in [0, 0.05) is 16.3 Å². The number of carbonyl (C=O) groups is 2. The van der Waals surface area contributed by atoms with Gasteiger partial charge in [-0.3, -0.25) is 4.79 Å². The molecule has 0 N–H and O–H groups in total. The Morgan fingerprint density at radius 1 is 1.00 bits per heavy atom. The minimum absolute atomic E-state index is 0.245. The lowest BCUT2D eigenvalue weighted by Gasteiger charge is -2.05. The molecule has 0 amide bonds. The van der Waals surface area contributed by atoms with E-state index in [9.17, 15) is 9.59 Å². The lowest BCUT2D eigenvalue weighted by molar-refractivity contribution is 0.0603. The first-order valence-electron chi connectivity index (χ1n) is 8.30. The van der Waals surface area contributed by atoms with Crippen molar-refractivity contribution in [3.63, 3.8) is 0 Å². The standard InChI is InChI=1S/C21H16N2O4/c1-26-15-9-7-13(8-10-15)20(24)18-11-17(21(25)27-2)19-16-6-4-3-5-14(16)12-22-23(18)19/h3-12H,1-2H3. The van der Waals surface area contributed by atoms with Crippen molar-refractivity contribution < 1.29 is 19.1 Å². The van der Waals surface area contributed by atoms with Crippen LogP contribution in [0.25, 0.3) is 16.3 Å². The van der Waals surface area contributed by atoms with Crippen LogP contribution in [0.5, 0.6) is 5.75 Å². The Morgan fingerprint density at radius 2 is 1.74 bits per heavy atom. The molecule has 4 aromatic rings. The molecule has 0 saturated heterocycles. The molecule has 0 aliphatic carbocycles. The lowest BCUT2D eigenvalue weighted by atomic mass is 10.1. The zero-order valence-electron chi connectivity index (χ0n) is 14.8. The smallest absolute Gasteiger partial charge is 0.340 e. The molecule has 0 atom stereocenters. The number of ether oxygens (including phenoxy) is 2. The van der Waals surface area contributed by atoms with Crippen LogP contribution in [0.1, 0.15) is 26.4 Å². The van der Waals surface area contributed by atoms with Crippen LogP contribution in [0, 0.1) is 0 Å². The summed E-state index contributed by atoms with van der Waals surface area (Å²) in [6.07, 6.45) is 1.67. The third kappa shape index (κ3) is 2.71. The van der Waals surface area contributed by atoms with Gasteiger partial charge in [-0.1, -0.05) is 24.3 Å². The Labute approximate surface area is 154 Å². The Morgan fingerprint density at radius 3 is 2.44 bits per heavy atom. The second kappa shape index (κ2) is 6.57. The zero-order chi connectivity index (χ0) is 19.0. The summed E-state index contributed by atoms with van der Waals surface area (Å²) in [6, 6.07) is 15.9. The number of ketones is 1. The second-order valence-electron chi connectivity index (χ2n) is 5.98. The Balaban J connectivity index is 1.96. The zero-order valence-corrected chi connectivity index (χ0v) is 14.8. The maximum absolute atomic E-state index is 13.1. The van der Waals surface area contributed by atoms with E-state index in [2.05, 4.69) is 5.10 Å². The van der Waals surface area contributed by atoms with Gasteiger partial charge in [-0.25, -0.2) is 9.31 Å². The average Bonchev–Trinajstić information content (AvgIpc) is 3.13. The van der Waals surface area contributed by atoms with Crippen LogP contribution in [0.2, 0.25) is 0 Å². The maximum Gasteiger partial charge on any atom is 0.340 e. The highest BCUT2D eigenvalue weighted by molar-refractivity contribution is 6.14. The highest BCUT2D eigenvalue weighted by atomic mass is 16.5. The van der Waals surface area contributed by atoms with Crippen LogP contribution in [0.3, 0.4) is 0 Å². The first kappa shape index (κ1) is 16.8. The van der Waals surface area contributed by atoms with Gasteiger partial charge in [0.15, 0.2) is 0 Å². The number of fused-ring (bicyclic) bond motifs is 3. The highest BCUT2D eigenvalue weighted by Crippen LogP contribution is 2.27. The minimum atomic E-state index is -0.514. The van der Waals surface area contributed by atoms with Gasteiger partial charge in [-0.05, 0) is 30.3 Å². The number of esters is 1. The summed E-state index contributed by atoms with van der Waals surface area (Å²) in [5.41, 5.74) is 1.62. The topological polar surface area (TPSA) is 69.9 Å². The fraction of sp³-hybridized carbons (Fsp3) is 0.0952. The normalized spacial score (nSPS) is 10.9. The number of aromatic nitrogens is 2. The average molecular weight is 360 g/mol. The predicted molar refractivity (Wildman–Crippen MR) is 100 cm³/mol. The maximum atomic E-state index is 13.1. The lowest BCUT2D eigenvalue weighted by Crippen LogP contribution is -2.07. The van der Waals surface area contributed by atoms with Crippen LogP contribution < -0.4 is 4.74 Å². The van der Waals surface area contributed by atoms with Gasteiger partial charge in [0.05, 0.1) is 31.5 Å². The molecule has 0 bridgehead atoms. The van der Waals surface area contributed by atoms with E-state index in [-0.39, 0.29) is 5.78 Å². The van der Waals surface area contributed by atoms with Crippen molar-refractivity contribution in [1.82, 2.24) is 9.61 Å². The molecule has 0 aliphatic rings. The first-order valence-corrected chi connectivity index (χ1v) is 8.30. The molecule has 0 fully saturated rings. The van der Waals surface area contributed by atoms with Crippen molar-refractivity contribution in [3.8, 4) is 5.75 Å². The quantitative estimate of drug-likeness (QED) is 0.411. The number of nitrogens with zero attached hydrogens (tertiary/aromatic N) is 2. The Hall–Kier alpha value is -3.67. The van der Waals surface area contributed by atoms with Gasteiger partial charge < -0.3 is 9.47 Å². The van der Waals surface area contributed by atoms with E-state index in [1.807, 2.05) is 24.3 Å². The summed E-state index contributed by atoms with van der Waals surface area (Å²) in [5, 5.41) is 6.08. The minimum Gasteiger partial charge on any atom is -0.497 e. The Bertz CT molecular complexity index is 1180. The van der Waals surface area contributed by atoms with E-state index in [0.29, 0.717) is 28.1 Å². The van der Waals surface area contributed by atoms with Gasteiger partial charge in [-0.15, -0.1) is 0 Å². The van der Waals surface area contributed by atoms with Crippen molar-refractivity contribution in [2.24, 2.45) is 0 Å². The van der Waals surface area contributed by atoms with Gasteiger partial charge >= 0.3 is 5.97 Å². The van der Waals surface area contributed by atoms with Crippen molar-refractivity contribution >= 4 is 28.0 Å². The van der Waals surface area contributed by atoms with Crippen molar-refractivity contribution in [3.05, 3.63) is 77.6 Å². The summed E-state index contributed by atoms with van der Waals surface area (Å²) in [7, 11) is 2.88. The van der Waals surface area contributed by atoms with E-state index < -0.39 is 5.97 Å². The number of carbonyl (C=O) groups excluding carboxylic acids is 2. The molecule has 0 spiro atoms. The largest absolute Gasteiger partial charge is 0.497 e. The monoisotopic (exact) mass is 360 g/mol. The summed E-state index contributed by atoms with van der Waals surface area (Å²) < 4.78 is 11.5. The molecule has 2 aromatic carbocycles. The molecular weight excluding hydrogens is 344 g/mol. The van der Waals surface area contributed by atoms with E-state index in [4.69, 9.17) is 9.47 Å². The molecule has 0 aliphatic heterocycles. The fourth-order valence-corrected chi connectivity index (χ4v) is 3.14. The van der Waals surface area contributed by atoms with Gasteiger partial charge in [0.25, 0.3) is 0 Å². The van der Waals surface area contributed by atoms with Crippen LogP contribution in [-0.4, -0.2) is 35.6 Å². The van der Waals surface area contributed by atoms with Gasteiger partial charge in [0.1, 0.15) is 11.4 Å². The Kier molecular flexibility index (Phi) is 4.08. The highest BCUT2D eigenvalue weighted by Gasteiger charge is 2.23. The van der Waals surface area contributed by atoms with Crippen LogP contribution >= 0.6 is 0 Å². The fourth-order valence-electron chi connectivity index (χ4n) is 3.14. The van der Waals surface area contributed by atoms with Crippen molar-refractivity contribution in [1.29, 1.82) is 0 Å². The van der Waals surface area contributed by atoms with Crippen LogP contribution in [-0.2, 0) is 4.74 Å². The summed E-state index contributed by atoms with van der Waals surface area (Å²) >= 11 is 0. The number of benzene rings is 2. The summed E-state index contributed by atoms with van der Waals surface area (Å²) in [5.74, 6) is -0.101. The number of rotatable bonds is 4. The molecule has 6 nitrogen and oxygen atoms in total. The third-order valence-corrected chi connectivity index (χ3v) is 4.49. The van der Waals surface area contributed by atoms with Crippen LogP contribution in [0.15, 0.2) is 60.8 Å². The number of hydrogen-bond donors (Lipinski definition) is 0. The van der Waals surface area contributed by atoms with Crippen LogP contribution in [0.4, 0.5) is 0 Å². The van der Waals surface area contributed by atoms with E-state index >= 15 is 0 Å². The molecule has 0 unspecified atom stereocenters. The summed E-state index contributed by atoms with van der Waals surface area (Å²) in [6.45, 7) is 0. The van der Waals surface area contributed by atoms with Gasteiger partial charge in [0.2, 0.25) is 5.78 Å². The van der Waals surface area contributed by atoms with E-state index in [1.165, 1.54) is 17.7 Å². The molecular formula is C21H16N2O4. The van der Waals surface area contributed by atoms with E-state index in [1.54, 1.807) is 37.6 Å². The molecule has 6 heteroatoms. The molecule has 2 aromatic heterocycles. The summed E-state index contributed by atoms with van der Waals surface area (Å²) in [4.78, 5) is 25.4. The SMILES string of the molecule is COC(=O)c1cc(C(=O)c2ccc(OC)cc2)n2ncc3ccccc3c12. The molecule has 4 rings (SSSR count). The molecule has 27 heavy (non-hydrogen) atoms. The third-order valence-electron chi connectivity index (χ3n) is 4.49. The second-order valence-corrected chi connectivity index (χ2v) is 5.98. The van der Waals surface area contributed by atoms with E-state index in [0.717, 1.165) is 10.8 Å². The number of methoxy groups -OCH3 is 2. The van der Waals surface area contributed by atoms with Gasteiger partial charge in [-0.2, -0.15) is 5.10 Å². The van der Waals surface area contributed by atoms with Crippen molar-refractivity contribution in [2.45, 2.75) is 0 Å². The van der Waals surface area contributed by atoms with Crippen molar-refractivity contribution in [2.75, 3.05) is 14.2 Å². The molecule has 0 saturated carbocycles. The predicted octanol–water partition coefficient (Wildman–Crippen LogP) is 3.51. The molecule has 134 valence electrons. The molecule has 2 heterocycles. The number of hydrogen-bond acceptors (Lipinski definition) is 5.